The number of aryl methyl sites for hydroxylation is 1. The second kappa shape index (κ2) is 9.85. The Morgan fingerprint density at radius 1 is 0.886 bits per heavy atom. The van der Waals surface area contributed by atoms with Crippen molar-refractivity contribution in [1.82, 2.24) is 0 Å². The second-order valence-corrected chi connectivity index (χ2v) is 8.27. The van der Waals surface area contributed by atoms with Gasteiger partial charge >= 0.3 is 5.97 Å². The molecule has 1 aliphatic rings. The van der Waals surface area contributed by atoms with Crippen LogP contribution in [0.5, 0.6) is 11.5 Å². The summed E-state index contributed by atoms with van der Waals surface area (Å²) < 4.78 is 17.4. The van der Waals surface area contributed by atoms with Crippen molar-refractivity contribution in [2.75, 3.05) is 6.61 Å². The van der Waals surface area contributed by atoms with Crippen LogP contribution < -0.4 is 9.47 Å². The molecule has 0 aromatic heterocycles. The highest BCUT2D eigenvalue weighted by Gasteiger charge is 2.24. The lowest BCUT2D eigenvalue weighted by Gasteiger charge is -2.14. The van der Waals surface area contributed by atoms with Gasteiger partial charge in [0.15, 0.2) is 17.2 Å². The number of rotatable bonds is 7. The summed E-state index contributed by atoms with van der Waals surface area (Å²) in [7, 11) is 0. The lowest BCUT2D eigenvalue weighted by molar-refractivity contribution is -0.129. The zero-order chi connectivity index (χ0) is 24.2. The van der Waals surface area contributed by atoms with E-state index in [9.17, 15) is 4.79 Å². The van der Waals surface area contributed by atoms with Crippen LogP contribution >= 0.6 is 0 Å². The van der Waals surface area contributed by atoms with E-state index in [1.807, 2.05) is 74.5 Å². The van der Waals surface area contributed by atoms with Crippen LogP contribution in [-0.4, -0.2) is 18.5 Å². The Morgan fingerprint density at radius 2 is 1.69 bits per heavy atom. The van der Waals surface area contributed by atoms with Gasteiger partial charge in [-0.2, -0.15) is 0 Å². The molecule has 35 heavy (non-hydrogen) atoms. The van der Waals surface area contributed by atoms with Crippen LogP contribution in [0.4, 0.5) is 0 Å². The van der Waals surface area contributed by atoms with E-state index >= 15 is 0 Å². The lowest BCUT2D eigenvalue weighted by Crippen LogP contribution is -2.05. The van der Waals surface area contributed by atoms with Crippen molar-refractivity contribution in [2.45, 2.75) is 20.5 Å². The number of fused-ring (bicyclic) bond motifs is 1. The van der Waals surface area contributed by atoms with Gasteiger partial charge < -0.3 is 14.2 Å². The summed E-state index contributed by atoms with van der Waals surface area (Å²) >= 11 is 0. The highest BCUT2D eigenvalue weighted by molar-refractivity contribution is 6.12. The molecular weight excluding hydrogens is 438 g/mol. The lowest BCUT2D eigenvalue weighted by atomic mass is 10.1. The van der Waals surface area contributed by atoms with Gasteiger partial charge in [-0.1, -0.05) is 66.2 Å². The van der Waals surface area contributed by atoms with Crippen molar-refractivity contribution >= 4 is 28.7 Å². The van der Waals surface area contributed by atoms with E-state index in [-0.39, 0.29) is 5.70 Å². The molecule has 0 N–H and O–H groups in total. The van der Waals surface area contributed by atoms with Gasteiger partial charge in [-0.25, -0.2) is 9.79 Å². The molecule has 0 spiro atoms. The van der Waals surface area contributed by atoms with Crippen LogP contribution in [0.25, 0.3) is 16.8 Å². The van der Waals surface area contributed by atoms with Gasteiger partial charge in [-0.3, -0.25) is 0 Å². The number of hydrogen-bond acceptors (Lipinski definition) is 5. The van der Waals surface area contributed by atoms with Gasteiger partial charge in [0.1, 0.15) is 6.61 Å². The summed E-state index contributed by atoms with van der Waals surface area (Å²) in [6, 6.07) is 27.7. The topological polar surface area (TPSA) is 57.1 Å². The number of aliphatic imine (C=N–C) groups is 1. The number of nitrogens with zero attached hydrogens (tertiary/aromatic N) is 1. The summed E-state index contributed by atoms with van der Waals surface area (Å²) in [5.74, 6) is 1.08. The zero-order valence-corrected chi connectivity index (χ0v) is 19.7. The number of esters is 1. The van der Waals surface area contributed by atoms with E-state index in [1.54, 1.807) is 6.08 Å². The maximum Gasteiger partial charge on any atom is 0.363 e. The minimum Gasteiger partial charge on any atom is -0.490 e. The molecule has 4 aromatic rings. The van der Waals surface area contributed by atoms with E-state index in [0.29, 0.717) is 30.6 Å². The summed E-state index contributed by atoms with van der Waals surface area (Å²) in [5.41, 5.74) is 4.00. The molecule has 1 aliphatic heterocycles. The maximum atomic E-state index is 12.4. The number of carbonyl (C=O) groups is 1. The van der Waals surface area contributed by atoms with Crippen LogP contribution in [0, 0.1) is 6.92 Å². The van der Waals surface area contributed by atoms with E-state index in [0.717, 1.165) is 27.6 Å². The fourth-order valence-corrected chi connectivity index (χ4v) is 3.96. The summed E-state index contributed by atoms with van der Waals surface area (Å²) in [5, 5.41) is 2.34. The number of hydrogen-bond donors (Lipinski definition) is 0. The monoisotopic (exact) mass is 463 g/mol. The van der Waals surface area contributed by atoms with Crippen LogP contribution in [0.2, 0.25) is 0 Å². The Balaban J connectivity index is 1.38. The quantitative estimate of drug-likeness (QED) is 0.233. The van der Waals surface area contributed by atoms with Crippen molar-refractivity contribution in [2.24, 2.45) is 4.99 Å². The van der Waals surface area contributed by atoms with Crippen molar-refractivity contribution in [3.8, 4) is 11.5 Å². The molecule has 0 fully saturated rings. The third-order valence-electron chi connectivity index (χ3n) is 5.75. The minimum absolute atomic E-state index is 0.243. The van der Waals surface area contributed by atoms with Crippen molar-refractivity contribution in [3.05, 3.63) is 113 Å². The van der Waals surface area contributed by atoms with Crippen molar-refractivity contribution in [1.29, 1.82) is 0 Å². The van der Waals surface area contributed by atoms with E-state index in [4.69, 9.17) is 14.2 Å². The van der Waals surface area contributed by atoms with E-state index in [2.05, 4.69) is 29.3 Å². The average Bonchev–Trinajstić information content (AvgIpc) is 3.24. The molecule has 0 bridgehead atoms. The Kier molecular flexibility index (Phi) is 6.31. The van der Waals surface area contributed by atoms with Gasteiger partial charge in [0.05, 0.1) is 6.61 Å². The molecule has 0 saturated heterocycles. The summed E-state index contributed by atoms with van der Waals surface area (Å²) in [6.07, 6.45) is 1.69. The van der Waals surface area contributed by atoms with Gasteiger partial charge in [-0.05, 0) is 66.1 Å². The smallest absolute Gasteiger partial charge is 0.363 e. The third kappa shape index (κ3) is 4.94. The molecule has 0 aliphatic carbocycles. The normalized spacial score (nSPS) is 14.2. The molecule has 0 amide bonds. The molecule has 0 unspecified atom stereocenters. The van der Waals surface area contributed by atoms with Crippen LogP contribution in [-0.2, 0) is 16.1 Å². The molecule has 0 radical (unpaired) electrons. The fraction of sp³-hybridized carbons (Fsp3) is 0.133. The molecule has 4 aromatic carbocycles. The Labute approximate surface area is 204 Å². The zero-order valence-electron chi connectivity index (χ0n) is 19.7. The molecule has 0 saturated carbocycles. The molecular formula is C30H25NO4. The van der Waals surface area contributed by atoms with E-state index < -0.39 is 5.97 Å². The predicted octanol–water partition coefficient (Wildman–Crippen LogP) is 6.47. The minimum atomic E-state index is -0.477. The van der Waals surface area contributed by atoms with Crippen molar-refractivity contribution < 1.29 is 19.0 Å². The number of cyclic esters (lactones) is 1. The third-order valence-corrected chi connectivity index (χ3v) is 5.75. The Hall–Kier alpha value is -4.38. The first kappa shape index (κ1) is 22.4. The first-order chi connectivity index (χ1) is 17.1. The van der Waals surface area contributed by atoms with Gasteiger partial charge in [0, 0.05) is 5.56 Å². The molecule has 5 nitrogen and oxygen atoms in total. The standard InChI is InChI=1S/C30H25NO4/c1-3-33-28-18-21(17-26-30(32)35-29(31-26)23-14-11-20(2)12-15-23)13-16-27(28)34-19-24-9-6-8-22-7-4-5-10-25(22)24/h4-18H,3,19H2,1-2H3/b26-17-. The van der Waals surface area contributed by atoms with Gasteiger partial charge in [0.2, 0.25) is 5.90 Å². The van der Waals surface area contributed by atoms with Crippen molar-refractivity contribution in [3.63, 3.8) is 0 Å². The molecule has 5 rings (SSSR count). The fourth-order valence-electron chi connectivity index (χ4n) is 3.96. The molecule has 174 valence electrons. The predicted molar refractivity (Wildman–Crippen MR) is 138 cm³/mol. The highest BCUT2D eigenvalue weighted by Crippen LogP contribution is 2.31. The molecule has 1 heterocycles. The van der Waals surface area contributed by atoms with E-state index in [1.165, 1.54) is 5.39 Å². The number of carbonyl (C=O) groups excluding carboxylic acids is 1. The Morgan fingerprint density at radius 3 is 2.51 bits per heavy atom. The Bertz CT molecular complexity index is 1450. The van der Waals surface area contributed by atoms with Crippen LogP contribution in [0.15, 0.2) is 95.6 Å². The van der Waals surface area contributed by atoms with Crippen LogP contribution in [0.1, 0.15) is 29.2 Å². The SMILES string of the molecule is CCOc1cc(/C=C2\N=C(c3ccc(C)cc3)OC2=O)ccc1OCc1cccc2ccccc12. The number of ether oxygens (including phenoxy) is 3. The number of benzene rings is 4. The van der Waals surface area contributed by atoms with Crippen LogP contribution in [0.3, 0.4) is 0 Å². The maximum absolute atomic E-state index is 12.4. The summed E-state index contributed by atoms with van der Waals surface area (Å²) in [4.78, 5) is 16.8. The molecule has 0 atom stereocenters. The first-order valence-electron chi connectivity index (χ1n) is 11.6. The highest BCUT2D eigenvalue weighted by atomic mass is 16.6. The van der Waals surface area contributed by atoms with Gasteiger partial charge in [0.25, 0.3) is 0 Å². The first-order valence-corrected chi connectivity index (χ1v) is 11.6. The summed E-state index contributed by atoms with van der Waals surface area (Å²) in [6.45, 7) is 4.83. The second-order valence-electron chi connectivity index (χ2n) is 8.27. The van der Waals surface area contributed by atoms with Gasteiger partial charge in [-0.15, -0.1) is 0 Å². The largest absolute Gasteiger partial charge is 0.490 e. The average molecular weight is 464 g/mol. The molecule has 5 heteroatoms.